The van der Waals surface area contributed by atoms with Gasteiger partial charge in [0, 0.05) is 31.1 Å². The summed E-state index contributed by atoms with van der Waals surface area (Å²) in [7, 11) is 0. The predicted molar refractivity (Wildman–Crippen MR) is 137 cm³/mol. The van der Waals surface area contributed by atoms with Gasteiger partial charge in [0.25, 0.3) is 5.91 Å². The second kappa shape index (κ2) is 10.2. The average Bonchev–Trinajstić information content (AvgIpc) is 2.87. The maximum absolute atomic E-state index is 13.2. The summed E-state index contributed by atoms with van der Waals surface area (Å²) in [6.45, 7) is 6.18. The van der Waals surface area contributed by atoms with E-state index in [4.69, 9.17) is 23.2 Å². The lowest BCUT2D eigenvalue weighted by atomic mass is 9.81. The smallest absolute Gasteiger partial charge is 0.256 e. The van der Waals surface area contributed by atoms with E-state index in [1.54, 1.807) is 6.20 Å². The number of halogens is 2. The standard InChI is InChI=1S/C27H30Cl2N4O/c1-18-17-33(11-8-20(18)14-19-6-7-24(28)25(29)15-19)21-9-12-32(13-10-21)27(34)23-16-30-31-26-5-3-2-4-22(23)26/h2-7,15-16,18,20-21H,8-14,17H2,1H3. The molecule has 2 fully saturated rings. The molecule has 1 aromatic heterocycles. The summed E-state index contributed by atoms with van der Waals surface area (Å²) in [4.78, 5) is 17.9. The Kier molecular flexibility index (Phi) is 7.05. The number of piperidine rings is 2. The minimum absolute atomic E-state index is 0.0678. The Morgan fingerprint density at radius 3 is 2.59 bits per heavy atom. The number of carbonyl (C=O) groups is 1. The molecular weight excluding hydrogens is 467 g/mol. The van der Waals surface area contributed by atoms with Crippen molar-refractivity contribution in [2.45, 2.75) is 38.6 Å². The number of hydrogen-bond donors (Lipinski definition) is 0. The Morgan fingerprint density at radius 2 is 1.82 bits per heavy atom. The van der Waals surface area contributed by atoms with E-state index in [2.05, 4.69) is 28.1 Å². The van der Waals surface area contributed by atoms with Crippen molar-refractivity contribution in [3.8, 4) is 0 Å². The molecule has 2 saturated heterocycles. The number of amides is 1. The molecule has 178 valence electrons. The lowest BCUT2D eigenvalue weighted by Crippen LogP contribution is -2.51. The Hall–Kier alpha value is -2.21. The van der Waals surface area contributed by atoms with Gasteiger partial charge in [0.05, 0.1) is 27.3 Å². The van der Waals surface area contributed by atoms with Crippen LogP contribution in [0.1, 0.15) is 42.1 Å². The van der Waals surface area contributed by atoms with Crippen molar-refractivity contribution in [3.63, 3.8) is 0 Å². The highest BCUT2D eigenvalue weighted by molar-refractivity contribution is 6.42. The fourth-order valence-corrected chi connectivity index (χ4v) is 5.93. The van der Waals surface area contributed by atoms with Crippen LogP contribution in [0.2, 0.25) is 10.0 Å². The molecule has 3 aromatic rings. The van der Waals surface area contributed by atoms with Crippen LogP contribution in [0.4, 0.5) is 0 Å². The topological polar surface area (TPSA) is 49.3 Å². The highest BCUT2D eigenvalue weighted by Gasteiger charge is 2.33. The molecule has 1 amide bonds. The summed E-state index contributed by atoms with van der Waals surface area (Å²) < 4.78 is 0. The monoisotopic (exact) mass is 496 g/mol. The van der Waals surface area contributed by atoms with Crippen LogP contribution in [0.5, 0.6) is 0 Å². The van der Waals surface area contributed by atoms with Crippen LogP contribution < -0.4 is 0 Å². The van der Waals surface area contributed by atoms with Gasteiger partial charge in [-0.05, 0) is 67.8 Å². The number of aromatic nitrogens is 2. The average molecular weight is 497 g/mol. The van der Waals surface area contributed by atoms with Crippen molar-refractivity contribution in [2.24, 2.45) is 11.8 Å². The van der Waals surface area contributed by atoms with Crippen LogP contribution in [-0.2, 0) is 6.42 Å². The maximum atomic E-state index is 13.2. The van der Waals surface area contributed by atoms with Gasteiger partial charge in [-0.2, -0.15) is 10.2 Å². The number of rotatable bonds is 4. The van der Waals surface area contributed by atoms with Gasteiger partial charge in [-0.25, -0.2) is 0 Å². The Bertz CT molecular complexity index is 1170. The second-order valence-corrected chi connectivity index (χ2v) is 10.6. The van der Waals surface area contributed by atoms with E-state index in [1.165, 1.54) is 12.0 Å². The van der Waals surface area contributed by atoms with Gasteiger partial charge in [0.15, 0.2) is 0 Å². The van der Waals surface area contributed by atoms with Crippen molar-refractivity contribution in [1.82, 2.24) is 20.0 Å². The molecule has 0 saturated carbocycles. The van der Waals surface area contributed by atoms with Crippen LogP contribution in [0, 0.1) is 11.8 Å². The number of likely N-dealkylation sites (tertiary alicyclic amines) is 2. The van der Waals surface area contributed by atoms with Crippen LogP contribution >= 0.6 is 23.2 Å². The van der Waals surface area contributed by atoms with Gasteiger partial charge in [0.1, 0.15) is 0 Å². The molecule has 7 heteroatoms. The minimum atomic E-state index is 0.0678. The summed E-state index contributed by atoms with van der Waals surface area (Å²) in [5.41, 5.74) is 2.69. The van der Waals surface area contributed by atoms with Crippen molar-refractivity contribution in [2.75, 3.05) is 26.2 Å². The molecule has 2 unspecified atom stereocenters. The van der Waals surface area contributed by atoms with E-state index in [0.29, 0.717) is 33.5 Å². The van der Waals surface area contributed by atoms with Crippen LogP contribution in [0.3, 0.4) is 0 Å². The molecule has 0 aliphatic carbocycles. The van der Waals surface area contributed by atoms with Crippen LogP contribution in [-0.4, -0.2) is 58.1 Å². The zero-order valence-corrected chi connectivity index (χ0v) is 21.0. The molecule has 0 radical (unpaired) electrons. The second-order valence-electron chi connectivity index (χ2n) is 9.77. The SMILES string of the molecule is CC1CN(C2CCN(C(=O)c3cnnc4ccccc34)CC2)CCC1Cc1ccc(Cl)c(Cl)c1. The van der Waals surface area contributed by atoms with Crippen molar-refractivity contribution < 1.29 is 4.79 Å². The van der Waals surface area contributed by atoms with Crippen molar-refractivity contribution in [1.29, 1.82) is 0 Å². The molecular formula is C27H30Cl2N4O. The van der Waals surface area contributed by atoms with Gasteiger partial charge in [0.2, 0.25) is 0 Å². The fraction of sp³-hybridized carbons (Fsp3) is 0.444. The summed E-state index contributed by atoms with van der Waals surface area (Å²) in [5, 5.41) is 10.3. The van der Waals surface area contributed by atoms with Gasteiger partial charge in [-0.3, -0.25) is 9.69 Å². The number of benzene rings is 2. The van der Waals surface area contributed by atoms with E-state index < -0.39 is 0 Å². The van der Waals surface area contributed by atoms with Crippen LogP contribution in [0.15, 0.2) is 48.7 Å². The van der Waals surface area contributed by atoms with Gasteiger partial charge in [-0.15, -0.1) is 0 Å². The third-order valence-corrected chi connectivity index (χ3v) is 8.38. The molecule has 5 nitrogen and oxygen atoms in total. The van der Waals surface area contributed by atoms with E-state index in [1.807, 2.05) is 41.3 Å². The molecule has 0 spiro atoms. The number of fused-ring (bicyclic) bond motifs is 1. The third-order valence-electron chi connectivity index (χ3n) is 7.64. The number of nitrogens with zero attached hydrogens (tertiary/aromatic N) is 4. The zero-order chi connectivity index (χ0) is 23.7. The molecule has 2 atom stereocenters. The first-order valence-electron chi connectivity index (χ1n) is 12.2. The zero-order valence-electron chi connectivity index (χ0n) is 19.5. The predicted octanol–water partition coefficient (Wildman–Crippen LogP) is 5.74. The summed E-state index contributed by atoms with van der Waals surface area (Å²) >= 11 is 12.3. The highest BCUT2D eigenvalue weighted by atomic mass is 35.5. The Morgan fingerprint density at radius 1 is 1.03 bits per heavy atom. The quantitative estimate of drug-likeness (QED) is 0.461. The lowest BCUT2D eigenvalue weighted by Gasteiger charge is -2.44. The highest BCUT2D eigenvalue weighted by Crippen LogP contribution is 2.32. The van der Waals surface area contributed by atoms with Crippen molar-refractivity contribution >= 4 is 40.0 Å². The molecule has 0 bridgehead atoms. The van der Waals surface area contributed by atoms with E-state index in [-0.39, 0.29) is 5.91 Å². The van der Waals surface area contributed by atoms with Gasteiger partial charge in [-0.1, -0.05) is 54.4 Å². The minimum Gasteiger partial charge on any atom is -0.338 e. The molecule has 2 aliphatic heterocycles. The molecule has 34 heavy (non-hydrogen) atoms. The molecule has 3 heterocycles. The molecule has 0 N–H and O–H groups in total. The van der Waals surface area contributed by atoms with Crippen LogP contribution in [0.25, 0.3) is 10.9 Å². The normalized spacial score (nSPS) is 22.3. The van der Waals surface area contributed by atoms with E-state index >= 15 is 0 Å². The van der Waals surface area contributed by atoms with E-state index in [9.17, 15) is 4.79 Å². The number of hydrogen-bond acceptors (Lipinski definition) is 4. The molecule has 2 aliphatic rings. The first-order valence-corrected chi connectivity index (χ1v) is 12.9. The first-order chi connectivity index (χ1) is 16.5. The molecule has 2 aromatic carbocycles. The van der Waals surface area contributed by atoms with E-state index in [0.717, 1.165) is 56.3 Å². The first kappa shape index (κ1) is 23.5. The Labute approximate surface area is 211 Å². The molecule has 5 rings (SSSR count). The largest absolute Gasteiger partial charge is 0.338 e. The summed E-state index contributed by atoms with van der Waals surface area (Å²) in [5.74, 6) is 1.35. The van der Waals surface area contributed by atoms with Crippen molar-refractivity contribution in [3.05, 3.63) is 69.8 Å². The third kappa shape index (κ3) is 4.93. The fourth-order valence-electron chi connectivity index (χ4n) is 5.61. The number of carbonyl (C=O) groups excluding carboxylic acids is 1. The van der Waals surface area contributed by atoms with Gasteiger partial charge < -0.3 is 4.90 Å². The lowest BCUT2D eigenvalue weighted by molar-refractivity contribution is 0.0437. The Balaban J connectivity index is 1.16. The van der Waals surface area contributed by atoms with Gasteiger partial charge >= 0.3 is 0 Å². The maximum Gasteiger partial charge on any atom is 0.256 e. The summed E-state index contributed by atoms with van der Waals surface area (Å²) in [6.07, 6.45) is 5.89. The summed E-state index contributed by atoms with van der Waals surface area (Å²) in [6, 6.07) is 14.3.